The third-order valence-electron chi connectivity index (χ3n) is 5.66. The fourth-order valence-electron chi connectivity index (χ4n) is 3.81. The van der Waals surface area contributed by atoms with Crippen LogP contribution in [0.1, 0.15) is 24.2 Å². The fourth-order valence-corrected chi connectivity index (χ4v) is 4.46. The lowest BCUT2D eigenvalue weighted by atomic mass is 10.1. The van der Waals surface area contributed by atoms with E-state index in [1.54, 1.807) is 23.4 Å². The van der Waals surface area contributed by atoms with Crippen LogP contribution in [0.5, 0.6) is 5.75 Å². The molecule has 1 saturated heterocycles. The van der Waals surface area contributed by atoms with E-state index in [1.165, 1.54) is 12.1 Å². The topological polar surface area (TPSA) is 93.0 Å². The normalized spacial score (nSPS) is 14.5. The van der Waals surface area contributed by atoms with Gasteiger partial charge in [0.2, 0.25) is 5.89 Å². The van der Waals surface area contributed by atoms with Gasteiger partial charge in [-0.1, -0.05) is 13.8 Å². The van der Waals surface area contributed by atoms with Crippen molar-refractivity contribution in [2.75, 3.05) is 43.9 Å². The summed E-state index contributed by atoms with van der Waals surface area (Å²) in [4.78, 5) is 21.6. The van der Waals surface area contributed by atoms with Crippen LogP contribution in [-0.4, -0.2) is 63.3 Å². The number of oxazole rings is 1. The third-order valence-corrected chi connectivity index (χ3v) is 6.77. The number of carbonyl (C=O) groups excluding carboxylic acids is 1. The molecule has 2 heterocycles. The lowest BCUT2D eigenvalue weighted by Gasteiger charge is -2.36. The maximum atomic E-state index is 13.4. The Morgan fingerprint density at radius 2 is 1.79 bits per heavy atom. The summed E-state index contributed by atoms with van der Waals surface area (Å²) in [5.74, 6) is 1.05. The van der Waals surface area contributed by atoms with Gasteiger partial charge in [0, 0.05) is 43.7 Å². The van der Waals surface area contributed by atoms with E-state index in [1.807, 2.05) is 38.1 Å². The second kappa shape index (κ2) is 9.89. The molecular weight excluding hydrogens is 454 g/mol. The van der Waals surface area contributed by atoms with Crippen molar-refractivity contribution >= 4 is 21.4 Å². The summed E-state index contributed by atoms with van der Waals surface area (Å²) in [5, 5.41) is 0. The highest BCUT2D eigenvalue weighted by molar-refractivity contribution is 7.90. The Morgan fingerprint density at radius 1 is 1.09 bits per heavy atom. The monoisotopic (exact) mass is 483 g/mol. The predicted octanol–water partition coefficient (Wildman–Crippen LogP) is 3.74. The molecule has 2 aromatic carbocycles. The summed E-state index contributed by atoms with van der Waals surface area (Å²) in [6, 6.07) is 12.5. The highest BCUT2D eigenvalue weighted by Crippen LogP contribution is 2.27. The maximum absolute atomic E-state index is 13.4. The van der Waals surface area contributed by atoms with E-state index >= 15 is 0 Å². The molecular formula is C25H29N3O5S. The zero-order valence-corrected chi connectivity index (χ0v) is 20.4. The van der Waals surface area contributed by atoms with E-state index in [9.17, 15) is 13.2 Å². The maximum Gasteiger partial charge on any atom is 0.257 e. The molecule has 8 nitrogen and oxygen atoms in total. The lowest BCUT2D eigenvalue weighted by molar-refractivity contribution is 0.0741. The molecule has 1 aliphatic rings. The minimum Gasteiger partial charge on any atom is -0.492 e. The van der Waals surface area contributed by atoms with Gasteiger partial charge >= 0.3 is 0 Å². The molecule has 0 atom stereocenters. The van der Waals surface area contributed by atoms with E-state index in [0.29, 0.717) is 44.4 Å². The lowest BCUT2D eigenvalue weighted by Crippen LogP contribution is -2.48. The van der Waals surface area contributed by atoms with Crippen molar-refractivity contribution in [1.82, 2.24) is 9.88 Å². The quantitative estimate of drug-likeness (QED) is 0.505. The first kappa shape index (κ1) is 23.8. The number of hydrogen-bond donors (Lipinski definition) is 0. The van der Waals surface area contributed by atoms with Gasteiger partial charge in [-0.05, 0) is 48.4 Å². The van der Waals surface area contributed by atoms with E-state index in [4.69, 9.17) is 9.15 Å². The summed E-state index contributed by atoms with van der Waals surface area (Å²) in [7, 11) is -3.45. The number of hydrogen-bond acceptors (Lipinski definition) is 7. The highest BCUT2D eigenvalue weighted by atomic mass is 32.2. The number of anilines is 1. The average Bonchev–Trinajstić information content (AvgIpc) is 3.37. The van der Waals surface area contributed by atoms with Crippen molar-refractivity contribution in [3.05, 3.63) is 60.5 Å². The minimum atomic E-state index is -3.45. The number of amides is 1. The Bertz CT molecular complexity index is 1230. The SMILES string of the molecule is CC(C)COc1ccc(S(C)(=O)=O)cc1C(=O)N1CCN(c2ccc(-c3ncco3)cc2)CC1. The first-order chi connectivity index (χ1) is 16.2. The van der Waals surface area contributed by atoms with Crippen LogP contribution in [0.4, 0.5) is 5.69 Å². The van der Waals surface area contributed by atoms with Crippen LogP contribution in [0, 0.1) is 5.92 Å². The fraction of sp³-hybridized carbons (Fsp3) is 0.360. The largest absolute Gasteiger partial charge is 0.492 e. The van der Waals surface area contributed by atoms with Crippen LogP contribution < -0.4 is 9.64 Å². The molecule has 0 unspecified atom stereocenters. The van der Waals surface area contributed by atoms with Gasteiger partial charge in [-0.15, -0.1) is 0 Å². The van der Waals surface area contributed by atoms with Crippen LogP contribution in [0.2, 0.25) is 0 Å². The zero-order valence-electron chi connectivity index (χ0n) is 19.6. The minimum absolute atomic E-state index is 0.109. The van der Waals surface area contributed by atoms with Crippen LogP contribution in [0.3, 0.4) is 0 Å². The molecule has 1 fully saturated rings. The summed E-state index contributed by atoms with van der Waals surface area (Å²) in [6.45, 7) is 6.85. The zero-order chi connectivity index (χ0) is 24.3. The Kier molecular flexibility index (Phi) is 6.92. The summed E-state index contributed by atoms with van der Waals surface area (Å²) in [6.07, 6.45) is 4.30. The molecule has 34 heavy (non-hydrogen) atoms. The van der Waals surface area contributed by atoms with Gasteiger partial charge in [0.25, 0.3) is 5.91 Å². The number of aromatic nitrogens is 1. The van der Waals surface area contributed by atoms with E-state index in [2.05, 4.69) is 9.88 Å². The molecule has 0 saturated carbocycles. The van der Waals surface area contributed by atoms with Gasteiger partial charge in [0.05, 0.1) is 23.3 Å². The second-order valence-corrected chi connectivity index (χ2v) is 10.8. The Hall–Kier alpha value is -3.33. The average molecular weight is 484 g/mol. The molecule has 0 bridgehead atoms. The number of ether oxygens (including phenoxy) is 1. The van der Waals surface area contributed by atoms with Crippen molar-refractivity contribution in [2.24, 2.45) is 5.92 Å². The molecule has 180 valence electrons. The Balaban J connectivity index is 1.47. The number of benzene rings is 2. The van der Waals surface area contributed by atoms with Gasteiger partial charge in [0.15, 0.2) is 9.84 Å². The van der Waals surface area contributed by atoms with Gasteiger partial charge in [-0.25, -0.2) is 13.4 Å². The molecule has 1 aliphatic heterocycles. The van der Waals surface area contributed by atoms with Crippen molar-refractivity contribution in [2.45, 2.75) is 18.7 Å². The smallest absolute Gasteiger partial charge is 0.257 e. The number of piperazine rings is 1. The van der Waals surface area contributed by atoms with Gasteiger partial charge in [0.1, 0.15) is 12.0 Å². The van der Waals surface area contributed by atoms with Crippen LogP contribution >= 0.6 is 0 Å². The predicted molar refractivity (Wildman–Crippen MR) is 130 cm³/mol. The first-order valence-corrected chi connectivity index (χ1v) is 13.1. The third kappa shape index (κ3) is 5.41. The summed E-state index contributed by atoms with van der Waals surface area (Å²) >= 11 is 0. The van der Waals surface area contributed by atoms with Gasteiger partial charge < -0.3 is 19.0 Å². The number of rotatable bonds is 7. The Morgan fingerprint density at radius 3 is 2.38 bits per heavy atom. The molecule has 1 amide bonds. The van der Waals surface area contributed by atoms with Crippen LogP contribution in [0.25, 0.3) is 11.5 Å². The number of sulfone groups is 1. The number of nitrogens with zero attached hydrogens (tertiary/aromatic N) is 3. The van der Waals surface area contributed by atoms with E-state index in [-0.39, 0.29) is 22.3 Å². The molecule has 3 aromatic rings. The van der Waals surface area contributed by atoms with E-state index < -0.39 is 9.84 Å². The van der Waals surface area contributed by atoms with Gasteiger partial charge in [-0.2, -0.15) is 0 Å². The second-order valence-electron chi connectivity index (χ2n) is 8.80. The molecule has 0 aliphatic carbocycles. The first-order valence-electron chi connectivity index (χ1n) is 11.2. The number of carbonyl (C=O) groups is 1. The van der Waals surface area contributed by atoms with Crippen molar-refractivity contribution < 1.29 is 22.4 Å². The van der Waals surface area contributed by atoms with Crippen molar-refractivity contribution in [3.63, 3.8) is 0 Å². The van der Waals surface area contributed by atoms with Gasteiger partial charge in [-0.3, -0.25) is 4.79 Å². The van der Waals surface area contributed by atoms with Crippen LogP contribution in [-0.2, 0) is 9.84 Å². The molecule has 0 spiro atoms. The molecule has 0 N–H and O–H groups in total. The van der Waals surface area contributed by atoms with Crippen molar-refractivity contribution in [1.29, 1.82) is 0 Å². The molecule has 1 aromatic heterocycles. The molecule has 4 rings (SSSR count). The summed E-state index contributed by atoms with van der Waals surface area (Å²) in [5.41, 5.74) is 2.25. The summed E-state index contributed by atoms with van der Waals surface area (Å²) < 4.78 is 35.3. The van der Waals surface area contributed by atoms with Crippen molar-refractivity contribution in [3.8, 4) is 17.2 Å². The Labute approximate surface area is 200 Å². The molecule has 0 radical (unpaired) electrons. The standard InChI is InChI=1S/C25H29N3O5S/c1-18(2)17-33-23-9-8-21(34(3,30)31)16-22(23)25(29)28-13-11-27(12-14-28)20-6-4-19(5-7-20)24-26-10-15-32-24/h4-10,15-16,18H,11-14,17H2,1-3H3. The van der Waals surface area contributed by atoms with E-state index in [0.717, 1.165) is 17.5 Å². The highest BCUT2D eigenvalue weighted by Gasteiger charge is 2.26. The molecule has 9 heteroatoms. The van der Waals surface area contributed by atoms with Crippen LogP contribution in [0.15, 0.2) is 64.2 Å².